The first kappa shape index (κ1) is 21.1. The van der Waals surface area contributed by atoms with Gasteiger partial charge in [-0.2, -0.15) is 0 Å². The van der Waals surface area contributed by atoms with Gasteiger partial charge in [0.1, 0.15) is 18.2 Å². The van der Waals surface area contributed by atoms with Crippen LogP contribution in [0.15, 0.2) is 79.0 Å². The standard InChI is InChI=1S/C26H24N4O2/c1-17-14-18(2)24(15-22(17)23-7-5-8-25(27)29-23)30-26(31)19-9-11-21(12-10-19)32-16-20-6-3-4-13-28-20/h3-15H,16H2,1-2H3,(H2,27,29)(H,30,31). The van der Waals surface area contributed by atoms with Gasteiger partial charge < -0.3 is 15.8 Å². The van der Waals surface area contributed by atoms with Crippen molar-refractivity contribution in [1.29, 1.82) is 0 Å². The number of nitrogen functional groups attached to an aromatic ring is 1. The van der Waals surface area contributed by atoms with Crippen LogP contribution in [-0.2, 0) is 6.61 Å². The molecule has 160 valence electrons. The van der Waals surface area contributed by atoms with Crippen molar-refractivity contribution in [3.63, 3.8) is 0 Å². The SMILES string of the molecule is Cc1cc(C)c(-c2cccc(N)n2)cc1NC(=O)c1ccc(OCc2ccccn2)cc1. The van der Waals surface area contributed by atoms with Gasteiger partial charge in [0.05, 0.1) is 11.4 Å². The Labute approximate surface area is 187 Å². The van der Waals surface area contributed by atoms with Crippen molar-refractivity contribution in [2.75, 3.05) is 11.1 Å². The molecule has 0 saturated carbocycles. The molecular formula is C26H24N4O2. The van der Waals surface area contributed by atoms with E-state index in [-0.39, 0.29) is 5.91 Å². The highest BCUT2D eigenvalue weighted by Crippen LogP contribution is 2.29. The molecular weight excluding hydrogens is 400 g/mol. The first-order valence-corrected chi connectivity index (χ1v) is 10.3. The summed E-state index contributed by atoms with van der Waals surface area (Å²) in [6.07, 6.45) is 1.73. The lowest BCUT2D eigenvalue weighted by molar-refractivity contribution is 0.102. The van der Waals surface area contributed by atoms with Crippen LogP contribution in [0.2, 0.25) is 0 Å². The van der Waals surface area contributed by atoms with Crippen molar-refractivity contribution in [3.05, 3.63) is 101 Å². The van der Waals surface area contributed by atoms with E-state index < -0.39 is 0 Å². The van der Waals surface area contributed by atoms with Crippen LogP contribution < -0.4 is 15.8 Å². The van der Waals surface area contributed by atoms with Gasteiger partial charge in [-0.25, -0.2) is 4.98 Å². The normalized spacial score (nSPS) is 10.6. The molecule has 0 unspecified atom stereocenters. The van der Waals surface area contributed by atoms with Gasteiger partial charge >= 0.3 is 0 Å². The van der Waals surface area contributed by atoms with E-state index in [0.717, 1.165) is 33.8 Å². The number of nitrogens with two attached hydrogens (primary N) is 1. The highest BCUT2D eigenvalue weighted by molar-refractivity contribution is 6.05. The fourth-order valence-electron chi connectivity index (χ4n) is 3.40. The summed E-state index contributed by atoms with van der Waals surface area (Å²) in [6.45, 7) is 4.35. The van der Waals surface area contributed by atoms with Crippen LogP contribution in [0.1, 0.15) is 27.2 Å². The Hall–Kier alpha value is -4.19. The molecule has 0 radical (unpaired) electrons. The lowest BCUT2D eigenvalue weighted by Crippen LogP contribution is -2.13. The Balaban J connectivity index is 1.48. The Kier molecular flexibility index (Phi) is 6.12. The zero-order valence-electron chi connectivity index (χ0n) is 18.0. The third kappa shape index (κ3) is 4.92. The molecule has 4 rings (SSSR count). The number of aryl methyl sites for hydroxylation is 2. The molecule has 0 spiro atoms. The number of pyridine rings is 2. The van der Waals surface area contributed by atoms with E-state index >= 15 is 0 Å². The number of anilines is 2. The number of hydrogen-bond donors (Lipinski definition) is 2. The van der Waals surface area contributed by atoms with Crippen molar-refractivity contribution in [1.82, 2.24) is 9.97 Å². The highest BCUT2D eigenvalue weighted by Gasteiger charge is 2.12. The van der Waals surface area contributed by atoms with Crippen LogP contribution in [0.5, 0.6) is 5.75 Å². The number of hydrogen-bond acceptors (Lipinski definition) is 5. The minimum atomic E-state index is -0.195. The van der Waals surface area contributed by atoms with Crippen LogP contribution in [0.25, 0.3) is 11.3 Å². The van der Waals surface area contributed by atoms with E-state index in [9.17, 15) is 4.79 Å². The van der Waals surface area contributed by atoms with Gasteiger partial charge in [0.15, 0.2) is 0 Å². The summed E-state index contributed by atoms with van der Waals surface area (Å²) in [5, 5.41) is 3.01. The van der Waals surface area contributed by atoms with Gasteiger partial charge in [-0.3, -0.25) is 9.78 Å². The predicted octanol–water partition coefficient (Wildman–Crippen LogP) is 5.17. The second kappa shape index (κ2) is 9.31. The minimum absolute atomic E-state index is 0.195. The Morgan fingerprint density at radius 3 is 2.50 bits per heavy atom. The molecule has 2 heterocycles. The van der Waals surface area contributed by atoms with Gasteiger partial charge in [-0.1, -0.05) is 18.2 Å². The minimum Gasteiger partial charge on any atom is -0.487 e. The molecule has 0 saturated heterocycles. The Morgan fingerprint density at radius 1 is 0.969 bits per heavy atom. The molecule has 6 heteroatoms. The maximum atomic E-state index is 12.8. The Morgan fingerprint density at radius 2 is 1.78 bits per heavy atom. The lowest BCUT2D eigenvalue weighted by Gasteiger charge is -2.14. The average molecular weight is 425 g/mol. The number of nitrogens with zero attached hydrogens (tertiary/aromatic N) is 2. The number of carbonyl (C=O) groups excluding carboxylic acids is 1. The van der Waals surface area contributed by atoms with Crippen LogP contribution in [0, 0.1) is 13.8 Å². The monoisotopic (exact) mass is 424 g/mol. The molecule has 32 heavy (non-hydrogen) atoms. The molecule has 0 aliphatic heterocycles. The average Bonchev–Trinajstić information content (AvgIpc) is 2.80. The number of aromatic nitrogens is 2. The molecule has 2 aromatic heterocycles. The van der Waals surface area contributed by atoms with Gasteiger partial charge in [0.2, 0.25) is 0 Å². The predicted molar refractivity (Wildman–Crippen MR) is 127 cm³/mol. The van der Waals surface area contributed by atoms with Gasteiger partial charge in [0.25, 0.3) is 5.91 Å². The number of ether oxygens (including phenoxy) is 1. The van der Waals surface area contributed by atoms with Gasteiger partial charge in [0, 0.05) is 23.0 Å². The summed E-state index contributed by atoms with van der Waals surface area (Å²) in [7, 11) is 0. The van der Waals surface area contributed by atoms with Crippen molar-refractivity contribution in [2.45, 2.75) is 20.5 Å². The lowest BCUT2D eigenvalue weighted by atomic mass is 10.0. The first-order valence-electron chi connectivity index (χ1n) is 10.3. The third-order valence-electron chi connectivity index (χ3n) is 5.10. The first-order chi connectivity index (χ1) is 15.5. The summed E-state index contributed by atoms with van der Waals surface area (Å²) < 4.78 is 5.74. The molecule has 1 amide bonds. The van der Waals surface area contributed by atoms with E-state index in [1.807, 2.05) is 56.3 Å². The number of nitrogens with one attached hydrogen (secondary N) is 1. The molecule has 0 atom stereocenters. The van der Waals surface area contributed by atoms with Crippen LogP contribution in [0.3, 0.4) is 0 Å². The van der Waals surface area contributed by atoms with E-state index in [0.29, 0.717) is 23.7 Å². The van der Waals surface area contributed by atoms with E-state index in [4.69, 9.17) is 10.5 Å². The number of carbonyl (C=O) groups is 1. The summed E-state index contributed by atoms with van der Waals surface area (Å²) in [5.74, 6) is 0.937. The van der Waals surface area contributed by atoms with Crippen LogP contribution in [-0.4, -0.2) is 15.9 Å². The molecule has 3 N–H and O–H groups in total. The maximum Gasteiger partial charge on any atom is 0.255 e. The zero-order chi connectivity index (χ0) is 22.5. The molecule has 0 aliphatic carbocycles. The molecule has 4 aromatic rings. The number of benzene rings is 2. The summed E-state index contributed by atoms with van der Waals surface area (Å²) in [5.41, 5.74) is 11.7. The van der Waals surface area contributed by atoms with E-state index in [2.05, 4.69) is 15.3 Å². The van der Waals surface area contributed by atoms with Crippen molar-refractivity contribution in [3.8, 4) is 17.0 Å². The molecule has 2 aromatic carbocycles. The quantitative estimate of drug-likeness (QED) is 0.445. The van der Waals surface area contributed by atoms with Crippen LogP contribution >= 0.6 is 0 Å². The molecule has 6 nitrogen and oxygen atoms in total. The zero-order valence-corrected chi connectivity index (χ0v) is 18.0. The molecule has 0 fully saturated rings. The van der Waals surface area contributed by atoms with Crippen LogP contribution in [0.4, 0.5) is 11.5 Å². The Bertz CT molecular complexity index is 1240. The van der Waals surface area contributed by atoms with Gasteiger partial charge in [-0.05, 0) is 79.6 Å². The highest BCUT2D eigenvalue weighted by atomic mass is 16.5. The summed E-state index contributed by atoms with van der Waals surface area (Å²) in [4.78, 5) is 21.5. The second-order valence-corrected chi connectivity index (χ2v) is 7.52. The summed E-state index contributed by atoms with van der Waals surface area (Å²) in [6, 6.07) is 22.2. The molecule has 0 aliphatic rings. The van der Waals surface area contributed by atoms with Crippen molar-refractivity contribution < 1.29 is 9.53 Å². The largest absolute Gasteiger partial charge is 0.487 e. The fraction of sp³-hybridized carbons (Fsp3) is 0.115. The van der Waals surface area contributed by atoms with Gasteiger partial charge in [-0.15, -0.1) is 0 Å². The smallest absolute Gasteiger partial charge is 0.255 e. The number of amides is 1. The van der Waals surface area contributed by atoms with E-state index in [1.54, 1.807) is 36.5 Å². The summed E-state index contributed by atoms with van der Waals surface area (Å²) >= 11 is 0. The second-order valence-electron chi connectivity index (χ2n) is 7.52. The van der Waals surface area contributed by atoms with Crippen molar-refractivity contribution >= 4 is 17.4 Å². The van der Waals surface area contributed by atoms with E-state index in [1.165, 1.54) is 0 Å². The fourth-order valence-corrected chi connectivity index (χ4v) is 3.40. The van der Waals surface area contributed by atoms with Crippen molar-refractivity contribution in [2.24, 2.45) is 0 Å². The molecule has 0 bridgehead atoms. The maximum absolute atomic E-state index is 12.8. The number of rotatable bonds is 6. The topological polar surface area (TPSA) is 90.1 Å². The third-order valence-corrected chi connectivity index (χ3v) is 5.10.